The third-order valence-electron chi connectivity index (χ3n) is 2.32. The predicted molar refractivity (Wildman–Crippen MR) is 73.6 cm³/mol. The monoisotopic (exact) mass is 242 g/mol. The molecule has 2 rings (SSSR count). The Hall–Kier alpha value is -2.63. The van der Waals surface area contributed by atoms with Crippen LogP contribution in [-0.2, 0) is 0 Å². The summed E-state index contributed by atoms with van der Waals surface area (Å²) in [4.78, 5) is 12.3. The molecule has 0 unspecified atom stereocenters. The predicted octanol–water partition coefficient (Wildman–Crippen LogP) is 0.763. The number of aliphatic imine (C=N–C) groups is 2. The van der Waals surface area contributed by atoms with E-state index in [-0.39, 0.29) is 11.9 Å². The van der Waals surface area contributed by atoms with Crippen molar-refractivity contribution in [3.8, 4) is 0 Å². The number of hydrogen-bond donors (Lipinski definition) is 3. The van der Waals surface area contributed by atoms with Crippen LogP contribution in [0.15, 0.2) is 40.3 Å². The molecule has 0 aliphatic heterocycles. The number of hydrogen-bond acceptors (Lipinski definition) is 2. The molecule has 2 aromatic rings. The quantitative estimate of drug-likeness (QED) is 0.505. The van der Waals surface area contributed by atoms with Crippen LogP contribution < -0.4 is 17.2 Å². The molecule has 0 atom stereocenters. The number of fused-ring (bicyclic) bond motifs is 1. The number of aromatic nitrogens is 1. The largest absolute Gasteiger partial charge is 0.370 e. The Balaban J connectivity index is 2.58. The summed E-state index contributed by atoms with van der Waals surface area (Å²) in [6.07, 6.45) is 0. The van der Waals surface area contributed by atoms with Gasteiger partial charge in [-0.15, -0.1) is 0 Å². The molecule has 0 aliphatic rings. The van der Waals surface area contributed by atoms with Crippen molar-refractivity contribution in [2.75, 3.05) is 0 Å². The summed E-state index contributed by atoms with van der Waals surface area (Å²) in [7, 11) is 0. The van der Waals surface area contributed by atoms with E-state index in [9.17, 15) is 0 Å². The molecule has 0 amide bonds. The smallest absolute Gasteiger partial charge is 0.223 e. The Morgan fingerprint density at radius 2 is 1.89 bits per heavy atom. The highest BCUT2D eigenvalue weighted by atomic mass is 15.1. The summed E-state index contributed by atoms with van der Waals surface area (Å²) >= 11 is 0. The van der Waals surface area contributed by atoms with Gasteiger partial charge in [0.15, 0.2) is 5.96 Å². The molecular formula is C12H14N6. The lowest BCUT2D eigenvalue weighted by molar-refractivity contribution is 1.25. The summed E-state index contributed by atoms with van der Waals surface area (Å²) in [5.41, 5.74) is 18.4. The van der Waals surface area contributed by atoms with Crippen LogP contribution in [0, 0.1) is 6.92 Å². The Kier molecular flexibility index (Phi) is 3.09. The molecule has 1 heterocycles. The Morgan fingerprint density at radius 1 is 1.11 bits per heavy atom. The molecular weight excluding hydrogens is 228 g/mol. The summed E-state index contributed by atoms with van der Waals surface area (Å²) in [6.45, 7) is 1.92. The number of nitrogens with zero attached hydrogens (tertiary/aromatic N) is 3. The molecule has 1 aromatic carbocycles. The van der Waals surface area contributed by atoms with Crippen molar-refractivity contribution in [2.24, 2.45) is 27.2 Å². The molecule has 6 heteroatoms. The van der Waals surface area contributed by atoms with Crippen LogP contribution in [0.4, 0.5) is 5.69 Å². The molecule has 6 N–H and O–H groups in total. The van der Waals surface area contributed by atoms with Gasteiger partial charge in [-0.3, -0.25) is 4.98 Å². The van der Waals surface area contributed by atoms with Gasteiger partial charge < -0.3 is 17.2 Å². The second kappa shape index (κ2) is 4.70. The lowest BCUT2D eigenvalue weighted by Gasteiger charge is -2.02. The standard InChI is InChI=1S/C12H14N6/c1-7-5-6-8-3-2-4-9(10(8)16-7)17-12(15)18-11(13)14/h2-6H,1H3,(H6,13,14,15,17,18). The Bertz CT molecular complexity index is 640. The second-order valence-electron chi connectivity index (χ2n) is 3.81. The third-order valence-corrected chi connectivity index (χ3v) is 2.32. The summed E-state index contributed by atoms with van der Waals surface area (Å²) in [5, 5.41) is 0.986. The Labute approximate surface area is 104 Å². The molecule has 92 valence electrons. The van der Waals surface area contributed by atoms with E-state index in [4.69, 9.17) is 17.2 Å². The van der Waals surface area contributed by atoms with Crippen molar-refractivity contribution in [1.29, 1.82) is 0 Å². The maximum Gasteiger partial charge on any atom is 0.223 e. The van der Waals surface area contributed by atoms with Crippen LogP contribution >= 0.6 is 0 Å². The highest BCUT2D eigenvalue weighted by Gasteiger charge is 2.02. The van der Waals surface area contributed by atoms with Gasteiger partial charge in [0, 0.05) is 11.1 Å². The number of rotatable bonds is 1. The first-order valence-electron chi connectivity index (χ1n) is 5.36. The molecule has 0 spiro atoms. The second-order valence-corrected chi connectivity index (χ2v) is 3.81. The SMILES string of the molecule is Cc1ccc2cccc(N=C(N)N=C(N)N)c2n1. The van der Waals surface area contributed by atoms with E-state index in [1.807, 2.05) is 37.3 Å². The maximum atomic E-state index is 5.61. The van der Waals surface area contributed by atoms with Crippen LogP contribution in [0.3, 0.4) is 0 Å². The van der Waals surface area contributed by atoms with Gasteiger partial charge in [0.1, 0.15) is 0 Å². The van der Waals surface area contributed by atoms with Crippen LogP contribution in [0.2, 0.25) is 0 Å². The zero-order valence-electron chi connectivity index (χ0n) is 9.96. The molecule has 6 nitrogen and oxygen atoms in total. The van der Waals surface area contributed by atoms with Gasteiger partial charge in [0.2, 0.25) is 5.96 Å². The summed E-state index contributed by atoms with van der Waals surface area (Å²) in [6, 6.07) is 9.56. The molecule has 0 saturated heterocycles. The van der Waals surface area contributed by atoms with E-state index in [0.29, 0.717) is 5.69 Å². The van der Waals surface area contributed by atoms with E-state index < -0.39 is 0 Å². The van der Waals surface area contributed by atoms with Gasteiger partial charge >= 0.3 is 0 Å². The van der Waals surface area contributed by atoms with Crippen LogP contribution in [0.1, 0.15) is 5.69 Å². The minimum absolute atomic E-state index is 0.00538. The normalized spacial score (nSPS) is 11.5. The van der Waals surface area contributed by atoms with E-state index >= 15 is 0 Å². The average Bonchev–Trinajstić information content (AvgIpc) is 2.28. The fourth-order valence-electron chi connectivity index (χ4n) is 1.60. The highest BCUT2D eigenvalue weighted by Crippen LogP contribution is 2.24. The number of guanidine groups is 2. The van der Waals surface area contributed by atoms with Crippen molar-refractivity contribution in [2.45, 2.75) is 6.92 Å². The molecule has 0 radical (unpaired) electrons. The van der Waals surface area contributed by atoms with Crippen molar-refractivity contribution >= 4 is 28.5 Å². The van der Waals surface area contributed by atoms with Crippen LogP contribution in [0.5, 0.6) is 0 Å². The van der Waals surface area contributed by atoms with Gasteiger partial charge in [0.25, 0.3) is 0 Å². The van der Waals surface area contributed by atoms with E-state index in [2.05, 4.69) is 15.0 Å². The minimum atomic E-state index is -0.124. The van der Waals surface area contributed by atoms with Gasteiger partial charge in [-0.2, -0.15) is 4.99 Å². The zero-order valence-corrected chi connectivity index (χ0v) is 9.96. The van der Waals surface area contributed by atoms with Crippen LogP contribution in [-0.4, -0.2) is 16.9 Å². The first-order valence-corrected chi connectivity index (χ1v) is 5.36. The average molecular weight is 242 g/mol. The number of para-hydroxylation sites is 1. The fourth-order valence-corrected chi connectivity index (χ4v) is 1.60. The number of nitrogens with two attached hydrogens (primary N) is 3. The first kappa shape index (κ1) is 11.8. The number of aryl methyl sites for hydroxylation is 1. The van der Waals surface area contributed by atoms with Crippen molar-refractivity contribution in [3.05, 3.63) is 36.0 Å². The van der Waals surface area contributed by atoms with E-state index in [1.165, 1.54) is 0 Å². The zero-order chi connectivity index (χ0) is 13.1. The lowest BCUT2D eigenvalue weighted by atomic mass is 10.2. The molecule has 1 aromatic heterocycles. The minimum Gasteiger partial charge on any atom is -0.370 e. The lowest BCUT2D eigenvalue weighted by Crippen LogP contribution is -2.26. The van der Waals surface area contributed by atoms with Gasteiger partial charge in [0.05, 0.1) is 11.2 Å². The van der Waals surface area contributed by atoms with Gasteiger partial charge in [-0.1, -0.05) is 18.2 Å². The van der Waals surface area contributed by atoms with Crippen molar-refractivity contribution in [3.63, 3.8) is 0 Å². The van der Waals surface area contributed by atoms with Crippen molar-refractivity contribution < 1.29 is 0 Å². The van der Waals surface area contributed by atoms with Gasteiger partial charge in [-0.05, 0) is 19.1 Å². The number of benzene rings is 1. The maximum absolute atomic E-state index is 5.61. The highest BCUT2D eigenvalue weighted by molar-refractivity contribution is 5.97. The molecule has 0 aliphatic carbocycles. The summed E-state index contributed by atoms with van der Waals surface area (Å²) in [5.74, 6) is -0.119. The van der Waals surface area contributed by atoms with Crippen LogP contribution in [0.25, 0.3) is 10.9 Å². The number of pyridine rings is 1. The summed E-state index contributed by atoms with van der Waals surface area (Å²) < 4.78 is 0. The molecule has 0 saturated carbocycles. The third kappa shape index (κ3) is 2.54. The first-order chi connectivity index (χ1) is 8.56. The molecule has 0 fully saturated rings. The van der Waals surface area contributed by atoms with E-state index in [1.54, 1.807) is 0 Å². The molecule has 0 bridgehead atoms. The van der Waals surface area contributed by atoms with Gasteiger partial charge in [-0.25, -0.2) is 4.99 Å². The molecule has 18 heavy (non-hydrogen) atoms. The Morgan fingerprint density at radius 3 is 2.61 bits per heavy atom. The van der Waals surface area contributed by atoms with E-state index in [0.717, 1.165) is 16.6 Å². The fraction of sp³-hybridized carbons (Fsp3) is 0.0833. The topological polar surface area (TPSA) is 116 Å². The van der Waals surface area contributed by atoms with Crippen molar-refractivity contribution in [1.82, 2.24) is 4.98 Å².